The molecule has 1 aromatic heterocycles. The van der Waals surface area contributed by atoms with Gasteiger partial charge < -0.3 is 10.6 Å². The van der Waals surface area contributed by atoms with Crippen molar-refractivity contribution < 1.29 is 22.8 Å². The van der Waals surface area contributed by atoms with Gasteiger partial charge in [0, 0.05) is 36.9 Å². The van der Waals surface area contributed by atoms with Crippen LogP contribution in [0.2, 0.25) is 0 Å². The molecule has 1 unspecified atom stereocenters. The van der Waals surface area contributed by atoms with Crippen LogP contribution in [0.3, 0.4) is 0 Å². The number of anilines is 1. The van der Waals surface area contributed by atoms with Crippen LogP contribution in [0.4, 0.5) is 19.0 Å². The first-order valence-electron chi connectivity index (χ1n) is 11.5. The molecule has 2 aromatic carbocycles. The number of carbonyl (C=O) groups is 1. The molecule has 1 atom stereocenters. The number of halogens is 3. The molecule has 190 valence electrons. The molecular formula is C24H25F3N6O3. The lowest BCUT2D eigenvalue weighted by molar-refractivity contribution is -0.137. The van der Waals surface area contributed by atoms with Gasteiger partial charge in [0.25, 0.3) is 5.56 Å². The fraction of sp³-hybridized carbons (Fsp3) is 0.333. The number of hydrogen-bond donors (Lipinski definition) is 4. The molecule has 9 nitrogen and oxygen atoms in total. The number of nitrogens with one attached hydrogen (secondary N) is 4. The monoisotopic (exact) mass is 502 g/mol. The highest BCUT2D eigenvalue weighted by Crippen LogP contribution is 2.29. The molecular weight excluding hydrogens is 477 g/mol. The van der Waals surface area contributed by atoms with Crippen molar-refractivity contribution in [1.29, 1.82) is 0 Å². The minimum absolute atomic E-state index is 0.141. The van der Waals surface area contributed by atoms with Gasteiger partial charge in [-0.3, -0.25) is 9.59 Å². The van der Waals surface area contributed by atoms with Crippen molar-refractivity contribution in [3.05, 3.63) is 70.0 Å². The van der Waals surface area contributed by atoms with Crippen LogP contribution < -0.4 is 21.7 Å². The SMILES string of the molecule is O=C(CCC1N=C(c2ccc(C(F)(F)F)cc2)NO1)NCCCCNc1n[nH]c(=O)c2ccccc12. The quantitative estimate of drug-likeness (QED) is 0.316. The predicted molar refractivity (Wildman–Crippen MR) is 128 cm³/mol. The molecule has 1 aliphatic rings. The third-order valence-corrected chi connectivity index (χ3v) is 5.58. The number of amides is 1. The van der Waals surface area contributed by atoms with Gasteiger partial charge in [-0.15, -0.1) is 0 Å². The molecule has 1 aliphatic heterocycles. The van der Waals surface area contributed by atoms with E-state index in [0.717, 1.165) is 30.4 Å². The standard InChI is InChI=1S/C24H25F3N6O3/c25-24(26,27)16-9-7-15(8-10-16)21-30-20(36-33-21)12-11-19(34)28-13-3-4-14-29-22-17-5-1-2-6-18(17)23(35)32-31-22/h1-2,5-10,20H,3-4,11-14H2,(H,28,34)(H,29,31)(H,30,33)(H,32,35). The van der Waals surface area contributed by atoms with Crippen molar-refractivity contribution in [3.63, 3.8) is 0 Å². The van der Waals surface area contributed by atoms with E-state index in [9.17, 15) is 22.8 Å². The number of H-pyrrole nitrogens is 1. The summed E-state index contributed by atoms with van der Waals surface area (Å²) < 4.78 is 38.1. The lowest BCUT2D eigenvalue weighted by Gasteiger charge is -2.09. The van der Waals surface area contributed by atoms with Crippen molar-refractivity contribution >= 4 is 28.3 Å². The fourth-order valence-corrected chi connectivity index (χ4v) is 3.67. The highest BCUT2D eigenvalue weighted by atomic mass is 19.4. The summed E-state index contributed by atoms with van der Waals surface area (Å²) in [6.07, 6.45) is -2.94. The second-order valence-electron chi connectivity index (χ2n) is 8.20. The molecule has 0 radical (unpaired) electrons. The van der Waals surface area contributed by atoms with E-state index < -0.39 is 18.0 Å². The van der Waals surface area contributed by atoms with E-state index in [1.807, 2.05) is 12.1 Å². The summed E-state index contributed by atoms with van der Waals surface area (Å²) in [6, 6.07) is 11.8. The third-order valence-electron chi connectivity index (χ3n) is 5.58. The number of hydrogen-bond acceptors (Lipinski definition) is 7. The number of alkyl halides is 3. The first kappa shape index (κ1) is 25.2. The maximum atomic E-state index is 12.7. The van der Waals surface area contributed by atoms with Crippen LogP contribution >= 0.6 is 0 Å². The van der Waals surface area contributed by atoms with Crippen molar-refractivity contribution in [2.24, 2.45) is 4.99 Å². The summed E-state index contributed by atoms with van der Waals surface area (Å²) in [5, 5.41) is 13.9. The summed E-state index contributed by atoms with van der Waals surface area (Å²) in [5.41, 5.74) is 2.09. The first-order valence-corrected chi connectivity index (χ1v) is 11.5. The number of aromatic nitrogens is 2. The summed E-state index contributed by atoms with van der Waals surface area (Å²) in [7, 11) is 0. The van der Waals surface area contributed by atoms with E-state index in [1.54, 1.807) is 12.1 Å². The smallest absolute Gasteiger partial charge is 0.368 e. The van der Waals surface area contributed by atoms with Crippen molar-refractivity contribution in [2.45, 2.75) is 38.1 Å². The highest BCUT2D eigenvalue weighted by molar-refractivity contribution is 5.98. The average Bonchev–Trinajstić information content (AvgIpc) is 3.35. The van der Waals surface area contributed by atoms with Crippen LogP contribution in [0, 0.1) is 0 Å². The van der Waals surface area contributed by atoms with Crippen LogP contribution in [0.25, 0.3) is 10.8 Å². The normalized spacial score (nSPS) is 15.4. The number of fused-ring (bicyclic) bond motifs is 1. The molecule has 3 aromatic rings. The van der Waals surface area contributed by atoms with Crippen LogP contribution in [-0.2, 0) is 15.8 Å². The molecule has 36 heavy (non-hydrogen) atoms. The van der Waals surface area contributed by atoms with E-state index in [1.165, 1.54) is 12.1 Å². The highest BCUT2D eigenvalue weighted by Gasteiger charge is 2.30. The number of nitrogens with zero attached hydrogens (tertiary/aromatic N) is 2. The van der Waals surface area contributed by atoms with Gasteiger partial charge in [0.05, 0.1) is 10.9 Å². The van der Waals surface area contributed by atoms with Crippen LogP contribution in [0.5, 0.6) is 0 Å². The Bertz CT molecular complexity index is 1290. The maximum Gasteiger partial charge on any atom is 0.416 e. The second kappa shape index (κ2) is 11.2. The number of benzene rings is 2. The van der Waals surface area contributed by atoms with E-state index in [4.69, 9.17) is 4.84 Å². The molecule has 0 bridgehead atoms. The van der Waals surface area contributed by atoms with Crippen molar-refractivity contribution in [2.75, 3.05) is 18.4 Å². The number of carbonyl (C=O) groups excluding carboxylic acids is 1. The molecule has 0 fully saturated rings. The lowest BCUT2D eigenvalue weighted by Crippen LogP contribution is -2.26. The van der Waals surface area contributed by atoms with Gasteiger partial charge in [0.1, 0.15) is 0 Å². The average molecular weight is 502 g/mol. The number of aromatic amines is 1. The molecule has 4 N–H and O–H groups in total. The van der Waals surface area contributed by atoms with Crippen molar-refractivity contribution in [1.82, 2.24) is 21.0 Å². The Morgan fingerprint density at radius 3 is 2.50 bits per heavy atom. The largest absolute Gasteiger partial charge is 0.416 e. The Morgan fingerprint density at radius 2 is 1.75 bits per heavy atom. The minimum Gasteiger partial charge on any atom is -0.368 e. The summed E-state index contributed by atoms with van der Waals surface area (Å²) in [5.74, 6) is 0.792. The Hall–Kier alpha value is -3.93. The van der Waals surface area contributed by atoms with Gasteiger partial charge in [-0.2, -0.15) is 18.3 Å². The zero-order valence-electron chi connectivity index (χ0n) is 19.2. The Kier molecular flexibility index (Phi) is 7.84. The van der Waals surface area contributed by atoms with Gasteiger partial charge in [0.2, 0.25) is 5.91 Å². The Morgan fingerprint density at radius 1 is 1.03 bits per heavy atom. The zero-order valence-corrected chi connectivity index (χ0v) is 19.2. The molecule has 4 rings (SSSR count). The van der Waals surface area contributed by atoms with Crippen LogP contribution in [0.15, 0.2) is 58.3 Å². The molecule has 0 saturated heterocycles. The van der Waals surface area contributed by atoms with Crippen LogP contribution in [-0.4, -0.2) is 41.3 Å². The van der Waals surface area contributed by atoms with Crippen LogP contribution in [0.1, 0.15) is 36.8 Å². The minimum atomic E-state index is -4.40. The topological polar surface area (TPSA) is 120 Å². The number of unbranched alkanes of at least 4 members (excludes halogenated alkanes) is 1. The molecule has 2 heterocycles. The second-order valence-corrected chi connectivity index (χ2v) is 8.20. The number of aliphatic imine (C=N–C) groups is 1. The summed E-state index contributed by atoms with van der Waals surface area (Å²) in [4.78, 5) is 33.5. The van der Waals surface area contributed by atoms with Gasteiger partial charge in [-0.25, -0.2) is 20.4 Å². The number of hydroxylamine groups is 1. The van der Waals surface area contributed by atoms with Crippen molar-refractivity contribution in [3.8, 4) is 0 Å². The molecule has 0 saturated carbocycles. The summed E-state index contributed by atoms with van der Waals surface area (Å²) in [6.45, 7) is 1.13. The maximum absolute atomic E-state index is 12.7. The van der Waals surface area contributed by atoms with Gasteiger partial charge in [-0.1, -0.05) is 30.3 Å². The predicted octanol–water partition coefficient (Wildman–Crippen LogP) is 3.34. The summed E-state index contributed by atoms with van der Waals surface area (Å²) >= 11 is 0. The van der Waals surface area contributed by atoms with Gasteiger partial charge in [0.15, 0.2) is 17.9 Å². The first-order chi connectivity index (χ1) is 17.3. The van der Waals surface area contributed by atoms with E-state index >= 15 is 0 Å². The fourth-order valence-electron chi connectivity index (χ4n) is 3.67. The number of rotatable bonds is 10. The van der Waals surface area contributed by atoms with E-state index in [2.05, 4.69) is 31.3 Å². The molecule has 12 heteroatoms. The third kappa shape index (κ3) is 6.39. The Labute approximate surface area is 204 Å². The number of amidine groups is 1. The lowest BCUT2D eigenvalue weighted by atomic mass is 10.1. The van der Waals surface area contributed by atoms with Gasteiger partial charge >= 0.3 is 6.18 Å². The zero-order chi connectivity index (χ0) is 25.5. The van der Waals surface area contributed by atoms with Gasteiger partial charge in [-0.05, 0) is 31.0 Å². The Balaban J connectivity index is 1.13. The van der Waals surface area contributed by atoms with E-state index in [-0.39, 0.29) is 17.9 Å². The molecule has 0 spiro atoms. The molecule has 1 amide bonds. The van der Waals surface area contributed by atoms with E-state index in [0.29, 0.717) is 42.1 Å². The molecule has 0 aliphatic carbocycles.